The maximum Gasteiger partial charge on any atom is 0.163 e. The van der Waals surface area contributed by atoms with Crippen LogP contribution in [-0.4, -0.2) is 17.1 Å². The normalized spacial score (nSPS) is 10.6. The fourth-order valence-corrected chi connectivity index (χ4v) is 3.03. The lowest BCUT2D eigenvalue weighted by Gasteiger charge is -2.14. The SMILES string of the molecule is COc1cc2c(Nc3cccc(C)c3)ncnc2cc1OCc1ccccc1. The van der Waals surface area contributed by atoms with E-state index in [0.29, 0.717) is 18.1 Å². The summed E-state index contributed by atoms with van der Waals surface area (Å²) < 4.78 is 11.5. The lowest BCUT2D eigenvalue weighted by atomic mass is 10.2. The van der Waals surface area contributed by atoms with Crippen LogP contribution < -0.4 is 14.8 Å². The number of ether oxygens (including phenoxy) is 2. The fraction of sp³-hybridized carbons (Fsp3) is 0.130. The van der Waals surface area contributed by atoms with Gasteiger partial charge in [-0.1, -0.05) is 42.5 Å². The van der Waals surface area contributed by atoms with Gasteiger partial charge in [0.2, 0.25) is 0 Å². The van der Waals surface area contributed by atoms with Crippen LogP contribution in [0.15, 0.2) is 73.1 Å². The molecule has 4 aromatic rings. The molecule has 0 aliphatic heterocycles. The first-order chi connectivity index (χ1) is 13.7. The topological polar surface area (TPSA) is 56.3 Å². The van der Waals surface area contributed by atoms with Gasteiger partial charge in [0.15, 0.2) is 11.5 Å². The second kappa shape index (κ2) is 7.96. The molecular weight excluding hydrogens is 350 g/mol. The van der Waals surface area contributed by atoms with Crippen molar-refractivity contribution in [3.8, 4) is 11.5 Å². The zero-order chi connectivity index (χ0) is 19.3. The van der Waals surface area contributed by atoms with Crippen LogP contribution in [-0.2, 0) is 6.61 Å². The number of methoxy groups -OCH3 is 1. The third-order valence-corrected chi connectivity index (χ3v) is 4.44. The summed E-state index contributed by atoms with van der Waals surface area (Å²) >= 11 is 0. The summed E-state index contributed by atoms with van der Waals surface area (Å²) in [4.78, 5) is 8.82. The second-order valence-electron chi connectivity index (χ2n) is 6.51. The van der Waals surface area contributed by atoms with E-state index < -0.39 is 0 Å². The monoisotopic (exact) mass is 371 g/mol. The van der Waals surface area contributed by atoms with Crippen LogP contribution in [0.5, 0.6) is 11.5 Å². The molecule has 0 aliphatic rings. The van der Waals surface area contributed by atoms with Gasteiger partial charge in [0.05, 0.1) is 12.6 Å². The van der Waals surface area contributed by atoms with Crippen molar-refractivity contribution in [1.29, 1.82) is 0 Å². The lowest BCUT2D eigenvalue weighted by Crippen LogP contribution is -2.00. The van der Waals surface area contributed by atoms with Gasteiger partial charge in [0.25, 0.3) is 0 Å². The number of aryl methyl sites for hydroxylation is 1. The minimum atomic E-state index is 0.461. The average molecular weight is 371 g/mol. The molecule has 1 heterocycles. The molecule has 5 nitrogen and oxygen atoms in total. The van der Waals surface area contributed by atoms with E-state index in [-0.39, 0.29) is 0 Å². The number of fused-ring (bicyclic) bond motifs is 1. The van der Waals surface area contributed by atoms with Crippen LogP contribution in [0.4, 0.5) is 11.5 Å². The second-order valence-corrected chi connectivity index (χ2v) is 6.51. The Morgan fingerprint density at radius 3 is 2.54 bits per heavy atom. The van der Waals surface area contributed by atoms with Gasteiger partial charge in [0, 0.05) is 17.1 Å². The highest BCUT2D eigenvalue weighted by atomic mass is 16.5. The zero-order valence-corrected chi connectivity index (χ0v) is 15.8. The standard InChI is InChI=1S/C23H21N3O2/c1-16-7-6-10-18(11-16)26-23-19-12-21(27-2)22(13-20(19)24-15-25-23)28-14-17-8-4-3-5-9-17/h3-13,15H,14H2,1-2H3,(H,24,25,26). The molecular formula is C23H21N3O2. The molecule has 4 rings (SSSR count). The van der Waals surface area contributed by atoms with E-state index >= 15 is 0 Å². The Kier molecular flexibility index (Phi) is 5.06. The molecule has 1 aromatic heterocycles. The molecule has 0 saturated carbocycles. The van der Waals surface area contributed by atoms with Gasteiger partial charge in [0.1, 0.15) is 18.8 Å². The summed E-state index contributed by atoms with van der Waals surface area (Å²) in [5.41, 5.74) is 4.03. The molecule has 0 amide bonds. The molecule has 0 fully saturated rings. The molecule has 140 valence electrons. The van der Waals surface area contributed by atoms with Crippen LogP contribution in [0, 0.1) is 6.92 Å². The molecule has 0 bridgehead atoms. The molecule has 1 N–H and O–H groups in total. The van der Waals surface area contributed by atoms with Crippen molar-refractivity contribution < 1.29 is 9.47 Å². The highest BCUT2D eigenvalue weighted by Crippen LogP contribution is 2.35. The molecule has 0 atom stereocenters. The Hall–Kier alpha value is -3.60. The quantitative estimate of drug-likeness (QED) is 0.500. The first-order valence-electron chi connectivity index (χ1n) is 9.06. The number of hydrogen-bond acceptors (Lipinski definition) is 5. The zero-order valence-electron chi connectivity index (χ0n) is 15.8. The lowest BCUT2D eigenvalue weighted by molar-refractivity contribution is 0.285. The van der Waals surface area contributed by atoms with Crippen molar-refractivity contribution in [2.24, 2.45) is 0 Å². The summed E-state index contributed by atoms with van der Waals surface area (Å²) in [6, 6.07) is 22.0. The minimum absolute atomic E-state index is 0.461. The van der Waals surface area contributed by atoms with Crippen LogP contribution in [0.1, 0.15) is 11.1 Å². The Morgan fingerprint density at radius 1 is 0.893 bits per heavy atom. The maximum absolute atomic E-state index is 5.99. The highest BCUT2D eigenvalue weighted by molar-refractivity contribution is 5.93. The average Bonchev–Trinajstić information content (AvgIpc) is 2.72. The molecule has 0 saturated heterocycles. The van der Waals surface area contributed by atoms with Crippen LogP contribution in [0.25, 0.3) is 10.9 Å². The Bertz CT molecular complexity index is 1100. The van der Waals surface area contributed by atoms with Gasteiger partial charge in [-0.25, -0.2) is 9.97 Å². The van der Waals surface area contributed by atoms with Crippen molar-refractivity contribution in [2.75, 3.05) is 12.4 Å². The van der Waals surface area contributed by atoms with Gasteiger partial charge in [-0.15, -0.1) is 0 Å². The van der Waals surface area contributed by atoms with E-state index in [4.69, 9.17) is 9.47 Å². The predicted molar refractivity (Wildman–Crippen MR) is 111 cm³/mol. The molecule has 3 aromatic carbocycles. The number of nitrogens with one attached hydrogen (secondary N) is 1. The molecule has 0 aliphatic carbocycles. The summed E-state index contributed by atoms with van der Waals surface area (Å²) in [7, 11) is 1.63. The summed E-state index contributed by atoms with van der Waals surface area (Å²) in [5.74, 6) is 2.02. The van der Waals surface area contributed by atoms with E-state index in [0.717, 1.165) is 28.0 Å². The molecule has 5 heteroatoms. The first kappa shape index (κ1) is 17.8. The number of hydrogen-bond donors (Lipinski definition) is 1. The summed E-state index contributed by atoms with van der Waals surface area (Å²) in [5, 5.41) is 4.24. The van der Waals surface area contributed by atoms with E-state index in [9.17, 15) is 0 Å². The number of aromatic nitrogens is 2. The first-order valence-corrected chi connectivity index (χ1v) is 9.06. The maximum atomic E-state index is 5.99. The number of nitrogens with zero attached hydrogens (tertiary/aromatic N) is 2. The van der Waals surface area contributed by atoms with Crippen LogP contribution >= 0.6 is 0 Å². The van der Waals surface area contributed by atoms with Gasteiger partial charge in [-0.3, -0.25) is 0 Å². The molecule has 0 radical (unpaired) electrons. The fourth-order valence-electron chi connectivity index (χ4n) is 3.03. The van der Waals surface area contributed by atoms with E-state index in [2.05, 4.69) is 34.3 Å². The largest absolute Gasteiger partial charge is 0.493 e. The third kappa shape index (κ3) is 3.88. The molecule has 28 heavy (non-hydrogen) atoms. The van der Waals surface area contributed by atoms with Crippen molar-refractivity contribution in [1.82, 2.24) is 9.97 Å². The third-order valence-electron chi connectivity index (χ3n) is 4.44. The summed E-state index contributed by atoms with van der Waals surface area (Å²) in [6.07, 6.45) is 1.55. The Labute approximate surface area is 164 Å². The smallest absolute Gasteiger partial charge is 0.163 e. The molecule has 0 spiro atoms. The number of rotatable bonds is 6. The Morgan fingerprint density at radius 2 is 1.75 bits per heavy atom. The van der Waals surface area contributed by atoms with E-state index in [1.54, 1.807) is 13.4 Å². The van der Waals surface area contributed by atoms with E-state index in [1.165, 1.54) is 5.56 Å². The highest BCUT2D eigenvalue weighted by Gasteiger charge is 2.12. The Balaban J connectivity index is 1.66. The van der Waals surface area contributed by atoms with Crippen molar-refractivity contribution in [2.45, 2.75) is 13.5 Å². The van der Waals surface area contributed by atoms with Gasteiger partial charge < -0.3 is 14.8 Å². The van der Waals surface area contributed by atoms with Crippen molar-refractivity contribution in [3.63, 3.8) is 0 Å². The van der Waals surface area contributed by atoms with E-state index in [1.807, 2.05) is 54.6 Å². The predicted octanol–water partition coefficient (Wildman–Crippen LogP) is 5.27. The van der Waals surface area contributed by atoms with Crippen molar-refractivity contribution >= 4 is 22.4 Å². The van der Waals surface area contributed by atoms with Crippen molar-refractivity contribution in [3.05, 3.63) is 84.2 Å². The number of anilines is 2. The minimum Gasteiger partial charge on any atom is -0.493 e. The molecule has 0 unspecified atom stereocenters. The van der Waals surface area contributed by atoms with Gasteiger partial charge in [-0.05, 0) is 36.2 Å². The number of benzene rings is 3. The summed E-state index contributed by atoms with van der Waals surface area (Å²) in [6.45, 7) is 2.52. The van der Waals surface area contributed by atoms with Gasteiger partial charge >= 0.3 is 0 Å². The van der Waals surface area contributed by atoms with Gasteiger partial charge in [-0.2, -0.15) is 0 Å². The van der Waals surface area contributed by atoms with Crippen LogP contribution in [0.2, 0.25) is 0 Å². The van der Waals surface area contributed by atoms with Crippen LogP contribution in [0.3, 0.4) is 0 Å².